The van der Waals surface area contributed by atoms with Gasteiger partial charge in [0.25, 0.3) is 0 Å². The molecule has 2 rings (SSSR count). The summed E-state index contributed by atoms with van der Waals surface area (Å²) in [5, 5.41) is 6.08. The third kappa shape index (κ3) is 5.10. The zero-order valence-corrected chi connectivity index (χ0v) is 13.6. The quantitative estimate of drug-likeness (QED) is 0.585. The predicted molar refractivity (Wildman–Crippen MR) is 85.1 cm³/mol. The first-order chi connectivity index (χ1) is 10.5. The molecule has 1 aromatic carbocycles. The molecule has 0 amide bonds. The fraction of sp³-hybridized carbons (Fsp3) is 0.500. The van der Waals surface area contributed by atoms with Crippen molar-refractivity contribution in [2.24, 2.45) is 4.99 Å². The van der Waals surface area contributed by atoms with Crippen molar-refractivity contribution in [2.45, 2.75) is 13.5 Å². The van der Waals surface area contributed by atoms with Gasteiger partial charge in [-0.05, 0) is 24.6 Å². The lowest BCUT2D eigenvalue weighted by atomic mass is 10.2. The molecule has 0 fully saturated rings. The van der Waals surface area contributed by atoms with Gasteiger partial charge in [-0.25, -0.2) is 13.4 Å². The van der Waals surface area contributed by atoms with Crippen molar-refractivity contribution in [1.29, 1.82) is 0 Å². The lowest BCUT2D eigenvalue weighted by Gasteiger charge is -2.10. The minimum Gasteiger partial charge on any atom is -0.454 e. The largest absolute Gasteiger partial charge is 0.454 e. The molecule has 7 nitrogen and oxygen atoms in total. The summed E-state index contributed by atoms with van der Waals surface area (Å²) in [6.45, 7) is 3.69. The molecule has 0 saturated carbocycles. The van der Waals surface area contributed by atoms with Gasteiger partial charge in [-0.1, -0.05) is 6.07 Å². The maximum absolute atomic E-state index is 11.1. The Balaban J connectivity index is 1.94. The van der Waals surface area contributed by atoms with Crippen molar-refractivity contribution in [2.75, 3.05) is 31.9 Å². The Hall–Kier alpha value is -1.96. The van der Waals surface area contributed by atoms with Crippen LogP contribution in [0.4, 0.5) is 0 Å². The SMILES string of the molecule is CCNC(=NCc1ccc2c(c1)OCO2)NCCS(C)(=O)=O. The first-order valence-electron chi connectivity index (χ1n) is 7.06. The second kappa shape index (κ2) is 7.35. The fourth-order valence-corrected chi connectivity index (χ4v) is 2.38. The molecular formula is C14H21N3O4S. The average molecular weight is 327 g/mol. The molecule has 0 bridgehead atoms. The van der Waals surface area contributed by atoms with E-state index in [1.165, 1.54) is 6.26 Å². The van der Waals surface area contributed by atoms with E-state index in [-0.39, 0.29) is 12.5 Å². The van der Waals surface area contributed by atoms with Gasteiger partial charge in [0, 0.05) is 19.3 Å². The van der Waals surface area contributed by atoms with Crippen molar-refractivity contribution in [1.82, 2.24) is 10.6 Å². The summed E-state index contributed by atoms with van der Waals surface area (Å²) in [6, 6.07) is 5.68. The van der Waals surface area contributed by atoms with Gasteiger partial charge in [-0.15, -0.1) is 0 Å². The summed E-state index contributed by atoms with van der Waals surface area (Å²) in [6.07, 6.45) is 1.21. The van der Waals surface area contributed by atoms with E-state index in [2.05, 4.69) is 15.6 Å². The van der Waals surface area contributed by atoms with Crippen molar-refractivity contribution in [3.8, 4) is 11.5 Å². The van der Waals surface area contributed by atoms with E-state index in [1.54, 1.807) is 0 Å². The molecule has 0 saturated heterocycles. The maximum atomic E-state index is 11.1. The summed E-state index contributed by atoms with van der Waals surface area (Å²) in [7, 11) is -2.98. The van der Waals surface area contributed by atoms with Crippen LogP contribution in [-0.2, 0) is 16.4 Å². The summed E-state index contributed by atoms with van der Waals surface area (Å²) >= 11 is 0. The van der Waals surface area contributed by atoms with E-state index in [0.29, 0.717) is 25.6 Å². The molecule has 0 aromatic heterocycles. The van der Waals surface area contributed by atoms with E-state index in [0.717, 1.165) is 17.1 Å². The number of benzene rings is 1. The smallest absolute Gasteiger partial charge is 0.231 e. The number of ether oxygens (including phenoxy) is 2. The highest BCUT2D eigenvalue weighted by Crippen LogP contribution is 2.32. The summed E-state index contributed by atoms with van der Waals surface area (Å²) < 4.78 is 32.9. The van der Waals surface area contributed by atoms with Gasteiger partial charge in [-0.3, -0.25) is 0 Å². The van der Waals surface area contributed by atoms with Crippen molar-refractivity contribution >= 4 is 15.8 Å². The molecule has 22 heavy (non-hydrogen) atoms. The third-order valence-electron chi connectivity index (χ3n) is 2.97. The number of hydrogen-bond donors (Lipinski definition) is 2. The number of aliphatic imine (C=N–C) groups is 1. The normalized spacial score (nSPS) is 14.0. The van der Waals surface area contributed by atoms with Crippen LogP contribution in [0.2, 0.25) is 0 Å². The van der Waals surface area contributed by atoms with Crippen LogP contribution in [0, 0.1) is 0 Å². The zero-order chi connectivity index (χ0) is 16.0. The Kier molecular flexibility index (Phi) is 5.48. The summed E-state index contributed by atoms with van der Waals surface area (Å²) in [5.74, 6) is 2.12. The van der Waals surface area contributed by atoms with Crippen LogP contribution in [0.15, 0.2) is 23.2 Å². The summed E-state index contributed by atoms with van der Waals surface area (Å²) in [4.78, 5) is 4.43. The molecule has 0 unspecified atom stereocenters. The van der Waals surface area contributed by atoms with E-state index in [1.807, 2.05) is 25.1 Å². The summed E-state index contributed by atoms with van der Waals surface area (Å²) in [5.41, 5.74) is 0.990. The number of nitrogens with zero attached hydrogens (tertiary/aromatic N) is 1. The van der Waals surface area contributed by atoms with Gasteiger partial charge in [0.15, 0.2) is 17.5 Å². The molecule has 0 spiro atoms. The number of rotatable bonds is 6. The van der Waals surface area contributed by atoms with Crippen LogP contribution in [0.3, 0.4) is 0 Å². The van der Waals surface area contributed by atoms with E-state index in [9.17, 15) is 8.42 Å². The van der Waals surface area contributed by atoms with Crippen LogP contribution in [0.1, 0.15) is 12.5 Å². The lowest BCUT2D eigenvalue weighted by Crippen LogP contribution is -2.39. The first kappa shape index (κ1) is 16.4. The van der Waals surface area contributed by atoms with Gasteiger partial charge >= 0.3 is 0 Å². The molecule has 1 aliphatic heterocycles. The fourth-order valence-electron chi connectivity index (χ4n) is 1.91. The first-order valence-corrected chi connectivity index (χ1v) is 9.12. The molecule has 2 N–H and O–H groups in total. The van der Waals surface area contributed by atoms with E-state index in [4.69, 9.17) is 9.47 Å². The third-order valence-corrected chi connectivity index (χ3v) is 3.91. The van der Waals surface area contributed by atoms with E-state index >= 15 is 0 Å². The maximum Gasteiger partial charge on any atom is 0.231 e. The van der Waals surface area contributed by atoms with Gasteiger partial charge in [0.2, 0.25) is 6.79 Å². The minimum absolute atomic E-state index is 0.0709. The molecule has 1 aromatic rings. The number of sulfone groups is 1. The predicted octanol–water partition coefficient (Wildman–Crippen LogP) is 0.515. The molecule has 122 valence electrons. The monoisotopic (exact) mass is 327 g/mol. The van der Waals surface area contributed by atoms with Gasteiger partial charge in [0.1, 0.15) is 9.84 Å². The lowest BCUT2D eigenvalue weighted by molar-refractivity contribution is 0.174. The second-order valence-electron chi connectivity index (χ2n) is 4.94. The van der Waals surface area contributed by atoms with Gasteiger partial charge in [-0.2, -0.15) is 0 Å². The Bertz CT molecular complexity index is 643. The van der Waals surface area contributed by atoms with Crippen LogP contribution < -0.4 is 20.1 Å². The second-order valence-corrected chi connectivity index (χ2v) is 7.20. The molecule has 0 atom stereocenters. The van der Waals surface area contributed by atoms with Crippen molar-refractivity contribution in [3.63, 3.8) is 0 Å². The highest BCUT2D eigenvalue weighted by atomic mass is 32.2. The standard InChI is InChI=1S/C14H21N3O4S/c1-3-15-14(16-6-7-22(2,18)19)17-9-11-4-5-12-13(8-11)21-10-20-12/h4-5,8H,3,6-7,9-10H2,1-2H3,(H2,15,16,17). The van der Waals surface area contributed by atoms with Crippen LogP contribution in [0.5, 0.6) is 11.5 Å². The number of fused-ring (bicyclic) bond motifs is 1. The molecular weight excluding hydrogens is 306 g/mol. The molecule has 8 heteroatoms. The van der Waals surface area contributed by atoms with Crippen molar-refractivity contribution < 1.29 is 17.9 Å². The Morgan fingerprint density at radius 2 is 2.05 bits per heavy atom. The molecule has 1 heterocycles. The Labute approximate surface area is 130 Å². The van der Waals surface area contributed by atoms with Crippen LogP contribution >= 0.6 is 0 Å². The van der Waals surface area contributed by atoms with Crippen LogP contribution in [0.25, 0.3) is 0 Å². The average Bonchev–Trinajstić information content (AvgIpc) is 2.91. The number of hydrogen-bond acceptors (Lipinski definition) is 5. The topological polar surface area (TPSA) is 89.0 Å². The zero-order valence-electron chi connectivity index (χ0n) is 12.8. The number of guanidine groups is 1. The Morgan fingerprint density at radius 1 is 1.27 bits per heavy atom. The van der Waals surface area contributed by atoms with E-state index < -0.39 is 9.84 Å². The Morgan fingerprint density at radius 3 is 2.77 bits per heavy atom. The highest BCUT2D eigenvalue weighted by Gasteiger charge is 2.13. The molecule has 1 aliphatic rings. The van der Waals surface area contributed by atoms with Gasteiger partial charge in [0.05, 0.1) is 12.3 Å². The minimum atomic E-state index is -2.98. The highest BCUT2D eigenvalue weighted by molar-refractivity contribution is 7.90. The van der Waals surface area contributed by atoms with Crippen molar-refractivity contribution in [3.05, 3.63) is 23.8 Å². The van der Waals surface area contributed by atoms with Gasteiger partial charge < -0.3 is 20.1 Å². The molecule has 0 aliphatic carbocycles. The van der Waals surface area contributed by atoms with Crippen LogP contribution in [-0.4, -0.2) is 46.3 Å². The number of nitrogens with one attached hydrogen (secondary N) is 2. The molecule has 0 radical (unpaired) electrons.